The van der Waals surface area contributed by atoms with E-state index in [0.717, 1.165) is 0 Å². The predicted molar refractivity (Wildman–Crippen MR) is 35.6 cm³/mol. The molecule has 7 heteroatoms. The van der Waals surface area contributed by atoms with Crippen LogP contribution in [0.2, 0.25) is 0 Å². The number of carbonyl (C=O) groups is 1. The summed E-state index contributed by atoms with van der Waals surface area (Å²) in [5.41, 5.74) is 4.45. The predicted octanol–water partition coefficient (Wildman–Crippen LogP) is -3.62. The molecular formula is C4H8NNaO4S. The molecule has 0 atom stereocenters. The second-order valence-corrected chi connectivity index (χ2v) is 2.95. The molecule has 0 radical (unpaired) electrons. The first-order valence-electron chi connectivity index (χ1n) is 2.28. The Hall–Kier alpha value is 0.120. The van der Waals surface area contributed by atoms with Crippen molar-refractivity contribution in [3.05, 3.63) is 11.0 Å². The number of carbonyl (C=O) groups excluding carboxylic acids is 1. The zero-order valence-electron chi connectivity index (χ0n) is 7.23. The normalized spacial score (nSPS) is 12.0. The van der Waals surface area contributed by atoms with Gasteiger partial charge in [0.15, 0.2) is 0 Å². The van der Waals surface area contributed by atoms with Crippen molar-refractivity contribution in [3.63, 3.8) is 0 Å². The van der Waals surface area contributed by atoms with E-state index in [9.17, 15) is 13.2 Å². The molecule has 0 saturated heterocycles. The summed E-state index contributed by atoms with van der Waals surface area (Å²) in [7, 11) is -4.23. The summed E-state index contributed by atoms with van der Waals surface area (Å²) in [5.74, 6) is -0.877. The molecule has 0 aromatic rings. The number of rotatable bonds is 2. The average molecular weight is 189 g/mol. The zero-order chi connectivity index (χ0) is 8.36. The van der Waals surface area contributed by atoms with E-state index in [1.54, 1.807) is 0 Å². The Labute approximate surface area is 88.2 Å². The van der Waals surface area contributed by atoms with E-state index in [-0.39, 0.29) is 36.6 Å². The molecular weight excluding hydrogens is 181 g/mol. The molecule has 0 rings (SSSR count). The van der Waals surface area contributed by atoms with Crippen molar-refractivity contribution in [1.29, 1.82) is 0 Å². The van der Waals surface area contributed by atoms with E-state index in [4.69, 9.17) is 4.55 Å². The SMILES string of the molecule is CC(=CS(=O)(=O)O)C(N)=O.[H-].[Na+]. The van der Waals surface area contributed by atoms with Crippen LogP contribution in [0.25, 0.3) is 0 Å². The van der Waals surface area contributed by atoms with Crippen LogP contribution in [-0.2, 0) is 14.9 Å². The van der Waals surface area contributed by atoms with Crippen molar-refractivity contribution in [2.45, 2.75) is 6.92 Å². The second-order valence-electron chi connectivity index (χ2n) is 1.68. The zero-order valence-corrected chi connectivity index (χ0v) is 9.05. The van der Waals surface area contributed by atoms with Gasteiger partial charge in [0.2, 0.25) is 5.91 Å². The maximum atomic E-state index is 10.2. The fraction of sp³-hybridized carbons (Fsp3) is 0.250. The van der Waals surface area contributed by atoms with E-state index in [1.807, 2.05) is 0 Å². The van der Waals surface area contributed by atoms with Gasteiger partial charge in [0, 0.05) is 5.57 Å². The number of amides is 1. The van der Waals surface area contributed by atoms with Crippen molar-refractivity contribution < 1.29 is 48.7 Å². The molecule has 3 N–H and O–H groups in total. The maximum absolute atomic E-state index is 10.2. The number of nitrogens with two attached hydrogens (primary N) is 1. The standard InChI is InChI=1S/C4H7NO4S.Na.H/c1-3(4(5)6)2-10(7,8)9;;/h2H,1H3,(H2,5,6)(H,7,8,9);;/q;+1;-1. The molecule has 0 fully saturated rings. The largest absolute Gasteiger partial charge is 1.00 e. The van der Waals surface area contributed by atoms with Gasteiger partial charge in [-0.1, -0.05) is 0 Å². The van der Waals surface area contributed by atoms with Gasteiger partial charge in [-0.2, -0.15) is 8.42 Å². The summed E-state index contributed by atoms with van der Waals surface area (Å²) in [6.45, 7) is 1.19. The van der Waals surface area contributed by atoms with Crippen LogP contribution >= 0.6 is 0 Å². The summed E-state index contributed by atoms with van der Waals surface area (Å²) in [4.78, 5) is 10.2. The van der Waals surface area contributed by atoms with Gasteiger partial charge < -0.3 is 7.16 Å². The van der Waals surface area contributed by atoms with Gasteiger partial charge in [0.1, 0.15) is 0 Å². The fourth-order valence-electron chi connectivity index (χ4n) is 0.281. The minimum absolute atomic E-state index is 0. The van der Waals surface area contributed by atoms with E-state index in [0.29, 0.717) is 5.41 Å². The van der Waals surface area contributed by atoms with Crippen LogP contribution in [0.3, 0.4) is 0 Å². The minimum Gasteiger partial charge on any atom is -1.00 e. The van der Waals surface area contributed by atoms with Crippen LogP contribution in [-0.4, -0.2) is 18.9 Å². The second kappa shape index (κ2) is 4.89. The Kier molecular flexibility index (Phi) is 6.09. The molecule has 1 amide bonds. The Morgan fingerprint density at radius 3 is 2.09 bits per heavy atom. The summed E-state index contributed by atoms with van der Waals surface area (Å²) >= 11 is 0. The van der Waals surface area contributed by atoms with Gasteiger partial charge in [0.25, 0.3) is 10.1 Å². The van der Waals surface area contributed by atoms with Gasteiger partial charge in [-0.3, -0.25) is 9.35 Å². The molecule has 0 saturated carbocycles. The van der Waals surface area contributed by atoms with Gasteiger partial charge in [-0.15, -0.1) is 0 Å². The van der Waals surface area contributed by atoms with Crippen LogP contribution in [0.5, 0.6) is 0 Å². The monoisotopic (exact) mass is 189 g/mol. The molecule has 0 aromatic carbocycles. The summed E-state index contributed by atoms with van der Waals surface area (Å²) in [6, 6.07) is 0. The Morgan fingerprint density at radius 1 is 1.64 bits per heavy atom. The van der Waals surface area contributed by atoms with Crippen LogP contribution < -0.4 is 35.3 Å². The Balaban J connectivity index is -0.000000405. The quantitative estimate of drug-likeness (QED) is 0.266. The molecule has 0 bridgehead atoms. The summed E-state index contributed by atoms with van der Waals surface area (Å²) < 4.78 is 28.2. The molecule has 60 valence electrons. The average Bonchev–Trinajstić information content (AvgIpc) is 1.60. The van der Waals surface area contributed by atoms with Crippen LogP contribution in [0.4, 0.5) is 0 Å². The smallest absolute Gasteiger partial charge is 1.00 e. The van der Waals surface area contributed by atoms with Gasteiger partial charge in [-0.25, -0.2) is 0 Å². The van der Waals surface area contributed by atoms with Gasteiger partial charge >= 0.3 is 29.6 Å². The number of hydrogen-bond donors (Lipinski definition) is 2. The number of primary amides is 1. The van der Waals surface area contributed by atoms with Gasteiger partial charge in [-0.05, 0) is 6.92 Å². The molecule has 0 spiro atoms. The van der Waals surface area contributed by atoms with Crippen LogP contribution in [0.1, 0.15) is 8.35 Å². The topological polar surface area (TPSA) is 97.5 Å². The first-order valence-corrected chi connectivity index (χ1v) is 3.79. The molecule has 0 heterocycles. The summed E-state index contributed by atoms with van der Waals surface area (Å²) in [6.07, 6.45) is 0. The summed E-state index contributed by atoms with van der Waals surface area (Å²) in [5, 5.41) is 0.398. The van der Waals surface area contributed by atoms with Crippen molar-refractivity contribution in [1.82, 2.24) is 0 Å². The third kappa shape index (κ3) is 8.02. The first kappa shape index (κ1) is 13.7. The van der Waals surface area contributed by atoms with E-state index in [2.05, 4.69) is 5.73 Å². The third-order valence-electron chi connectivity index (χ3n) is 0.714. The van der Waals surface area contributed by atoms with E-state index < -0.39 is 16.0 Å². The first-order chi connectivity index (χ1) is 4.33. The van der Waals surface area contributed by atoms with Crippen molar-refractivity contribution in [2.75, 3.05) is 0 Å². The van der Waals surface area contributed by atoms with Crippen molar-refractivity contribution in [3.8, 4) is 0 Å². The van der Waals surface area contributed by atoms with Crippen molar-refractivity contribution >= 4 is 16.0 Å². The molecule has 0 unspecified atom stereocenters. The van der Waals surface area contributed by atoms with Crippen LogP contribution in [0, 0.1) is 0 Å². The third-order valence-corrected chi connectivity index (χ3v) is 1.37. The molecule has 0 aliphatic carbocycles. The van der Waals surface area contributed by atoms with Crippen LogP contribution in [0.15, 0.2) is 11.0 Å². The fourth-order valence-corrected chi connectivity index (χ4v) is 0.844. The molecule has 11 heavy (non-hydrogen) atoms. The number of hydrogen-bond acceptors (Lipinski definition) is 3. The van der Waals surface area contributed by atoms with Crippen molar-refractivity contribution in [2.24, 2.45) is 5.73 Å². The molecule has 5 nitrogen and oxygen atoms in total. The Bertz CT molecular complexity index is 273. The van der Waals surface area contributed by atoms with E-state index >= 15 is 0 Å². The molecule has 0 aromatic heterocycles. The minimum atomic E-state index is -4.23. The maximum Gasteiger partial charge on any atom is 1.00 e. The molecule has 0 aliphatic heterocycles. The molecule has 0 aliphatic rings. The van der Waals surface area contributed by atoms with E-state index in [1.165, 1.54) is 6.92 Å². The van der Waals surface area contributed by atoms with Gasteiger partial charge in [0.05, 0.1) is 5.41 Å². The Morgan fingerprint density at radius 2 is 2.00 bits per heavy atom.